The summed E-state index contributed by atoms with van der Waals surface area (Å²) in [4.78, 5) is 87.3. The van der Waals surface area contributed by atoms with Crippen LogP contribution in [0, 0.1) is 0 Å². The highest BCUT2D eigenvalue weighted by Crippen LogP contribution is 2.40. The maximum Gasteiger partial charge on any atom is 0.352 e. The number of carbonyl (C=O) groups is 6. The zero-order chi connectivity index (χ0) is 36.9. The summed E-state index contributed by atoms with van der Waals surface area (Å²) in [5.74, 6) is -5.50. The van der Waals surface area contributed by atoms with E-state index in [0.717, 1.165) is 16.4 Å². The monoisotopic (exact) mass is 737 g/mol. The number of aliphatic imine (C=N–C) groups is 1. The summed E-state index contributed by atoms with van der Waals surface area (Å²) in [5.41, 5.74) is 9.68. The molecule has 2 aliphatic rings. The number of carboxylic acid groups (broad SMARTS) is 3. The lowest BCUT2D eigenvalue weighted by Crippen LogP contribution is -2.71. The van der Waals surface area contributed by atoms with E-state index in [1.807, 2.05) is 0 Å². The molecule has 2 aromatic heterocycles. The first kappa shape index (κ1) is 37.0. The number of oxime groups is 1. The lowest BCUT2D eigenvalue weighted by atomic mass is 10.0. The number of fused-ring (bicyclic) bond motifs is 1. The van der Waals surface area contributed by atoms with Gasteiger partial charge in [0.25, 0.3) is 11.8 Å². The molecule has 0 radical (unpaired) electrons. The largest absolute Gasteiger partial charge is 0.481 e. The van der Waals surface area contributed by atoms with Crippen LogP contribution in [0.2, 0.25) is 0 Å². The van der Waals surface area contributed by atoms with Crippen molar-refractivity contribution in [3.63, 3.8) is 0 Å². The van der Waals surface area contributed by atoms with E-state index < -0.39 is 58.5 Å². The molecule has 1 fully saturated rings. The van der Waals surface area contributed by atoms with Crippen LogP contribution in [-0.2, 0) is 42.4 Å². The van der Waals surface area contributed by atoms with Crippen LogP contribution in [0.5, 0.6) is 0 Å². The third-order valence-corrected chi connectivity index (χ3v) is 8.98. The highest BCUT2D eigenvalue weighted by atomic mass is 32.2. The number of aliphatic carboxylic acids is 3. The van der Waals surface area contributed by atoms with Gasteiger partial charge in [-0.3, -0.25) is 29.6 Å². The molecular formula is C26H33N12O10S2+. The number of β-lactam (4-membered cyclic amide) rings is 1. The number of carbonyl (C=O) groups excluding carboxylic acids is 3. The van der Waals surface area contributed by atoms with E-state index in [0.29, 0.717) is 5.57 Å². The van der Waals surface area contributed by atoms with Gasteiger partial charge < -0.3 is 42.3 Å². The molecule has 1 saturated heterocycles. The fourth-order valence-electron chi connectivity index (χ4n) is 4.42. The average molecular weight is 738 g/mol. The van der Waals surface area contributed by atoms with Gasteiger partial charge in [0.2, 0.25) is 23.3 Å². The predicted molar refractivity (Wildman–Crippen MR) is 176 cm³/mol. The number of rotatable bonds is 15. The van der Waals surface area contributed by atoms with Gasteiger partial charge in [0.15, 0.2) is 23.2 Å². The summed E-state index contributed by atoms with van der Waals surface area (Å²) in [7, 11) is 1.58. The number of aromatic nitrogens is 4. The first-order chi connectivity index (χ1) is 23.5. The third kappa shape index (κ3) is 8.25. The third-order valence-electron chi connectivity index (χ3n) is 7.10. The molecular weight excluding hydrogens is 704 g/mol. The first-order valence-corrected chi connectivity index (χ1v) is 16.2. The Bertz CT molecular complexity index is 1820. The zero-order valence-electron chi connectivity index (χ0n) is 26.6. The van der Waals surface area contributed by atoms with Crippen molar-refractivity contribution in [3.8, 4) is 0 Å². The van der Waals surface area contributed by atoms with Gasteiger partial charge in [-0.1, -0.05) is 5.16 Å². The Morgan fingerprint density at radius 2 is 1.94 bits per heavy atom. The van der Waals surface area contributed by atoms with Gasteiger partial charge in [-0.15, -0.1) is 21.1 Å². The molecule has 268 valence electrons. The number of nitrogens with zero attached hydrogens (tertiary/aromatic N) is 7. The van der Waals surface area contributed by atoms with Crippen molar-refractivity contribution < 1.29 is 53.6 Å². The van der Waals surface area contributed by atoms with Crippen LogP contribution >= 0.6 is 23.3 Å². The molecule has 24 heteroatoms. The van der Waals surface area contributed by atoms with Gasteiger partial charge in [0.1, 0.15) is 17.1 Å². The average Bonchev–Trinajstić information content (AvgIpc) is 3.58. The van der Waals surface area contributed by atoms with Crippen molar-refractivity contribution in [2.75, 3.05) is 35.6 Å². The quantitative estimate of drug-likeness (QED) is 0.0323. The number of nitrogen functional groups attached to an aromatic ring is 2. The van der Waals surface area contributed by atoms with Crippen molar-refractivity contribution in [2.24, 2.45) is 17.2 Å². The molecule has 0 spiro atoms. The predicted octanol–water partition coefficient (Wildman–Crippen LogP) is -1.98. The highest BCUT2D eigenvalue weighted by molar-refractivity contribution is 8.00. The number of hydrogen-bond acceptors (Lipinski definition) is 15. The van der Waals surface area contributed by atoms with Crippen molar-refractivity contribution in [3.05, 3.63) is 23.3 Å². The maximum absolute atomic E-state index is 13.3. The minimum absolute atomic E-state index is 0.0172. The summed E-state index contributed by atoms with van der Waals surface area (Å²) < 4.78 is 6.93. The molecule has 4 heterocycles. The Kier molecular flexibility index (Phi) is 11.3. The number of nitrogens with one attached hydrogen (secondary N) is 3. The van der Waals surface area contributed by atoms with Gasteiger partial charge in [-0.05, 0) is 13.8 Å². The Labute approximate surface area is 290 Å². The van der Waals surface area contributed by atoms with Crippen LogP contribution in [-0.4, -0.2) is 118 Å². The molecule has 0 saturated carbocycles. The van der Waals surface area contributed by atoms with Gasteiger partial charge in [0.05, 0.1) is 20.0 Å². The Morgan fingerprint density at radius 3 is 2.56 bits per heavy atom. The molecule has 2 atom stereocenters. The molecule has 0 unspecified atom stereocenters. The SMILES string of the molecule is Cn1c(N)c(NC(=O)NCCN=CCC(=O)O)c[n+]1CC1=C(C(=O)O)N2C(=O)[C@@H](NC(=O)/C(=N\OC(C)(C)C(=O)O)c3nsc(N)n3)[C@H]2SC1. The summed E-state index contributed by atoms with van der Waals surface area (Å²) in [6.07, 6.45) is 2.47. The van der Waals surface area contributed by atoms with Crippen LogP contribution in [0.4, 0.5) is 21.4 Å². The molecule has 4 rings (SSSR count). The molecule has 50 heavy (non-hydrogen) atoms. The molecule has 2 aliphatic heterocycles. The smallest absolute Gasteiger partial charge is 0.352 e. The van der Waals surface area contributed by atoms with E-state index in [1.54, 1.807) is 7.05 Å². The van der Waals surface area contributed by atoms with Crippen LogP contribution in [0.25, 0.3) is 0 Å². The number of anilines is 3. The molecule has 22 nitrogen and oxygen atoms in total. The molecule has 0 aliphatic carbocycles. The van der Waals surface area contributed by atoms with Gasteiger partial charge in [0, 0.05) is 35.6 Å². The second kappa shape index (κ2) is 15.2. The number of amides is 4. The summed E-state index contributed by atoms with van der Waals surface area (Å²) in [6, 6.07) is -1.80. The van der Waals surface area contributed by atoms with Crippen LogP contribution in [0.3, 0.4) is 0 Å². The maximum atomic E-state index is 13.3. The number of carboxylic acids is 3. The number of hydrogen-bond donors (Lipinski definition) is 8. The highest BCUT2D eigenvalue weighted by Gasteiger charge is 2.55. The zero-order valence-corrected chi connectivity index (χ0v) is 28.3. The van der Waals surface area contributed by atoms with E-state index >= 15 is 0 Å². The standard InChI is InChI=1S/C26H32N12O10S2/c1-26(2,23(45)46)48-34-14(18-33-24(28)50-35-18)19(41)32-15-20(42)38-16(22(43)44)11(10-49-21(15)38)8-37-9-12(17(27)36(37)3)31-25(47)30-7-6-29-5-4-13(39)40/h5,9,15,21,27H,4,6-8,10H2,1-3H3,(H8,28,30,31,32,33,35,39,40,41,43,44,45,46,47)/p+1/b29-5?,34-14-/t15-,21-/m1/s1. The normalized spacial score (nSPS) is 17.6. The fourth-order valence-corrected chi connectivity index (χ4v) is 6.19. The molecule has 0 bridgehead atoms. The van der Waals surface area contributed by atoms with E-state index in [4.69, 9.17) is 21.4 Å². The lowest BCUT2D eigenvalue weighted by molar-refractivity contribution is -0.765. The molecule has 10 N–H and O–H groups in total. The van der Waals surface area contributed by atoms with Crippen LogP contribution in [0.15, 0.2) is 27.6 Å². The van der Waals surface area contributed by atoms with Crippen molar-refractivity contribution >= 4 is 87.6 Å². The number of urea groups is 1. The van der Waals surface area contributed by atoms with Gasteiger partial charge in [-0.25, -0.2) is 14.4 Å². The van der Waals surface area contributed by atoms with Gasteiger partial charge in [-0.2, -0.15) is 9.36 Å². The Morgan fingerprint density at radius 1 is 1.22 bits per heavy atom. The van der Waals surface area contributed by atoms with E-state index in [9.17, 15) is 39.0 Å². The Hall–Kier alpha value is -5.78. The van der Waals surface area contributed by atoms with E-state index in [1.165, 1.54) is 47.4 Å². The summed E-state index contributed by atoms with van der Waals surface area (Å²) in [5, 5.41) is 38.5. The first-order valence-electron chi connectivity index (χ1n) is 14.4. The van der Waals surface area contributed by atoms with Gasteiger partial charge >= 0.3 is 23.9 Å². The van der Waals surface area contributed by atoms with E-state index in [-0.39, 0.29) is 60.0 Å². The van der Waals surface area contributed by atoms with Crippen LogP contribution < -0.4 is 32.1 Å². The number of thioether (sulfide) groups is 1. The van der Waals surface area contributed by atoms with Crippen molar-refractivity contribution in [1.29, 1.82) is 0 Å². The molecule has 4 amide bonds. The van der Waals surface area contributed by atoms with Crippen LogP contribution in [0.1, 0.15) is 26.1 Å². The van der Waals surface area contributed by atoms with E-state index in [2.05, 4.69) is 35.5 Å². The molecule has 2 aromatic rings. The summed E-state index contributed by atoms with van der Waals surface area (Å²) >= 11 is 1.93. The number of nitrogens with two attached hydrogens (primary N) is 2. The lowest BCUT2D eigenvalue weighted by Gasteiger charge is -2.49. The minimum atomic E-state index is -1.83. The fraction of sp³-hybridized carbons (Fsp3) is 0.423. The second-order valence-corrected chi connectivity index (χ2v) is 12.9. The Balaban J connectivity index is 1.46. The molecule has 0 aromatic carbocycles. The van der Waals surface area contributed by atoms with Crippen molar-refractivity contribution in [1.82, 2.24) is 29.6 Å². The minimum Gasteiger partial charge on any atom is -0.481 e. The summed E-state index contributed by atoms with van der Waals surface area (Å²) in [6.45, 7) is 2.64. The second-order valence-electron chi connectivity index (χ2n) is 11.0. The topological polar surface area (TPSA) is 323 Å². The van der Waals surface area contributed by atoms with Crippen molar-refractivity contribution in [2.45, 2.75) is 43.8 Å².